The van der Waals surface area contributed by atoms with Crippen molar-refractivity contribution in [1.29, 1.82) is 0 Å². The van der Waals surface area contributed by atoms with Gasteiger partial charge in [0.05, 0.1) is 6.61 Å². The minimum Gasteiger partial charge on any atom is -0.494 e. The molecule has 0 heterocycles. The lowest BCUT2D eigenvalue weighted by Crippen LogP contribution is -2.43. The predicted octanol–water partition coefficient (Wildman–Crippen LogP) is 3.27. The van der Waals surface area contributed by atoms with Crippen LogP contribution in [0, 0.1) is 0 Å². The number of amides is 2. The van der Waals surface area contributed by atoms with E-state index in [4.69, 9.17) is 9.47 Å². The lowest BCUT2D eigenvalue weighted by atomic mass is 10.2. The molecule has 0 fully saturated rings. The summed E-state index contributed by atoms with van der Waals surface area (Å²) in [5.74, 6) is 0.469. The van der Waals surface area contributed by atoms with E-state index in [0.29, 0.717) is 23.7 Å². The van der Waals surface area contributed by atoms with Crippen molar-refractivity contribution in [3.05, 3.63) is 59.7 Å². The molecule has 2 aromatic rings. The van der Waals surface area contributed by atoms with Gasteiger partial charge in [-0.15, -0.1) is 0 Å². The molecule has 0 aliphatic heterocycles. The lowest BCUT2D eigenvalue weighted by Gasteiger charge is -2.10. The molecule has 0 radical (unpaired) electrons. The minimum absolute atomic E-state index is 0.185. The quantitative estimate of drug-likeness (QED) is 0.525. The van der Waals surface area contributed by atoms with Crippen LogP contribution in [0.2, 0.25) is 0 Å². The van der Waals surface area contributed by atoms with E-state index in [0.717, 1.165) is 19.3 Å². The van der Waals surface area contributed by atoms with Crippen LogP contribution in [-0.4, -0.2) is 25.0 Å². The van der Waals surface area contributed by atoms with E-state index in [2.05, 4.69) is 24.7 Å². The lowest BCUT2D eigenvalue weighted by molar-refractivity contribution is -0.123. The fourth-order valence-electron chi connectivity index (χ4n) is 2.24. The Morgan fingerprint density at radius 3 is 2.11 bits per heavy atom. The Kier molecular flexibility index (Phi) is 8.16. The molecule has 2 rings (SSSR count). The summed E-state index contributed by atoms with van der Waals surface area (Å²) < 4.78 is 10.9. The van der Waals surface area contributed by atoms with E-state index in [1.165, 1.54) is 5.56 Å². The zero-order valence-corrected chi connectivity index (χ0v) is 15.8. The summed E-state index contributed by atoms with van der Waals surface area (Å²) in [6.07, 6.45) is 2.99. The van der Waals surface area contributed by atoms with E-state index < -0.39 is 11.8 Å². The van der Waals surface area contributed by atoms with Crippen LogP contribution < -0.4 is 20.3 Å². The minimum atomic E-state index is -0.442. The molecule has 0 saturated heterocycles. The Morgan fingerprint density at radius 2 is 1.48 bits per heavy atom. The number of ether oxygens (including phenoxy) is 2. The van der Waals surface area contributed by atoms with Crippen molar-refractivity contribution in [2.45, 2.75) is 33.1 Å². The van der Waals surface area contributed by atoms with Crippen molar-refractivity contribution in [2.24, 2.45) is 0 Å². The van der Waals surface area contributed by atoms with Crippen molar-refractivity contribution < 1.29 is 19.1 Å². The molecule has 2 N–H and O–H groups in total. The molecule has 0 aromatic heterocycles. The standard InChI is InChI=1S/C21H26N2O4/c1-3-5-14-26-18-12-8-17(9-13-18)21(25)23-22-20(24)15-27-19-10-6-16(4-2)7-11-19/h6-13H,3-5,14-15H2,1-2H3,(H,22,24)(H,23,25). The molecule has 6 heteroatoms. The van der Waals surface area contributed by atoms with Gasteiger partial charge in [-0.3, -0.25) is 20.4 Å². The summed E-state index contributed by atoms with van der Waals surface area (Å²) >= 11 is 0. The normalized spacial score (nSPS) is 10.1. The van der Waals surface area contributed by atoms with Crippen LogP contribution in [0.1, 0.15) is 42.6 Å². The second kappa shape index (κ2) is 10.9. The van der Waals surface area contributed by atoms with E-state index in [-0.39, 0.29) is 6.61 Å². The van der Waals surface area contributed by atoms with Crippen molar-refractivity contribution in [2.75, 3.05) is 13.2 Å². The van der Waals surface area contributed by atoms with Crippen LogP contribution in [0.15, 0.2) is 48.5 Å². The van der Waals surface area contributed by atoms with Crippen LogP contribution in [-0.2, 0) is 11.2 Å². The average Bonchev–Trinajstić information content (AvgIpc) is 2.71. The fourth-order valence-corrected chi connectivity index (χ4v) is 2.24. The summed E-state index contributed by atoms with van der Waals surface area (Å²) in [6.45, 7) is 4.63. The SMILES string of the molecule is CCCCOc1ccc(C(=O)NNC(=O)COc2ccc(CC)cc2)cc1. The fraction of sp³-hybridized carbons (Fsp3) is 0.333. The molecule has 144 valence electrons. The molecule has 6 nitrogen and oxygen atoms in total. The van der Waals surface area contributed by atoms with Crippen LogP contribution in [0.25, 0.3) is 0 Å². The van der Waals surface area contributed by atoms with Gasteiger partial charge in [-0.1, -0.05) is 32.4 Å². The highest BCUT2D eigenvalue weighted by atomic mass is 16.5. The zero-order valence-electron chi connectivity index (χ0n) is 15.8. The van der Waals surface area contributed by atoms with Gasteiger partial charge in [0, 0.05) is 5.56 Å². The highest BCUT2D eigenvalue weighted by molar-refractivity contribution is 5.95. The molecule has 27 heavy (non-hydrogen) atoms. The molecule has 0 aliphatic rings. The van der Waals surface area contributed by atoms with Gasteiger partial charge in [0.2, 0.25) is 0 Å². The van der Waals surface area contributed by atoms with Gasteiger partial charge in [0.15, 0.2) is 6.61 Å². The van der Waals surface area contributed by atoms with Crippen LogP contribution in [0.5, 0.6) is 11.5 Å². The number of benzene rings is 2. The van der Waals surface area contributed by atoms with Gasteiger partial charge in [-0.25, -0.2) is 0 Å². The first kappa shape index (κ1) is 20.3. The number of hydrogen-bond acceptors (Lipinski definition) is 4. The summed E-state index contributed by atoms with van der Waals surface area (Å²) in [6, 6.07) is 14.3. The number of hydrogen-bond donors (Lipinski definition) is 2. The maximum absolute atomic E-state index is 12.1. The van der Waals surface area contributed by atoms with Crippen molar-refractivity contribution in [1.82, 2.24) is 10.9 Å². The first-order valence-corrected chi connectivity index (χ1v) is 9.16. The molecule has 2 aromatic carbocycles. The molecular formula is C21H26N2O4. The summed E-state index contributed by atoms with van der Waals surface area (Å²) in [5.41, 5.74) is 6.32. The Morgan fingerprint density at radius 1 is 0.852 bits per heavy atom. The molecule has 2 amide bonds. The Labute approximate surface area is 159 Å². The number of carbonyl (C=O) groups excluding carboxylic acids is 2. The van der Waals surface area contributed by atoms with E-state index in [1.807, 2.05) is 24.3 Å². The maximum Gasteiger partial charge on any atom is 0.276 e. The Balaban J connectivity index is 1.72. The number of rotatable bonds is 9. The average molecular weight is 370 g/mol. The highest BCUT2D eigenvalue weighted by Gasteiger charge is 2.08. The third-order valence-corrected chi connectivity index (χ3v) is 3.90. The van der Waals surface area contributed by atoms with Gasteiger partial charge in [-0.05, 0) is 54.8 Å². The second-order valence-corrected chi connectivity index (χ2v) is 6.01. The summed E-state index contributed by atoms with van der Waals surface area (Å²) in [5, 5.41) is 0. The van der Waals surface area contributed by atoms with Crippen LogP contribution >= 0.6 is 0 Å². The maximum atomic E-state index is 12.1. The van der Waals surface area contributed by atoms with Crippen LogP contribution in [0.4, 0.5) is 0 Å². The third-order valence-electron chi connectivity index (χ3n) is 3.90. The largest absolute Gasteiger partial charge is 0.494 e. The summed E-state index contributed by atoms with van der Waals surface area (Å²) in [7, 11) is 0. The first-order valence-electron chi connectivity index (χ1n) is 9.16. The number of aryl methyl sites for hydroxylation is 1. The zero-order chi connectivity index (χ0) is 19.5. The van der Waals surface area contributed by atoms with Crippen LogP contribution in [0.3, 0.4) is 0 Å². The van der Waals surface area contributed by atoms with Gasteiger partial charge in [-0.2, -0.15) is 0 Å². The molecule has 0 bridgehead atoms. The summed E-state index contributed by atoms with van der Waals surface area (Å²) in [4.78, 5) is 23.9. The van der Waals surface area contributed by atoms with Crippen molar-refractivity contribution >= 4 is 11.8 Å². The topological polar surface area (TPSA) is 76.7 Å². The first-order chi connectivity index (χ1) is 13.1. The Hall–Kier alpha value is -3.02. The number of nitrogens with one attached hydrogen (secondary N) is 2. The Bertz CT molecular complexity index is 727. The third kappa shape index (κ3) is 7.01. The number of unbranched alkanes of at least 4 members (excludes halogenated alkanes) is 1. The van der Waals surface area contributed by atoms with E-state index >= 15 is 0 Å². The van der Waals surface area contributed by atoms with Gasteiger partial charge >= 0.3 is 0 Å². The van der Waals surface area contributed by atoms with E-state index in [1.54, 1.807) is 24.3 Å². The molecule has 0 saturated carbocycles. The monoisotopic (exact) mass is 370 g/mol. The molecule has 0 aliphatic carbocycles. The number of hydrazine groups is 1. The molecular weight excluding hydrogens is 344 g/mol. The second-order valence-electron chi connectivity index (χ2n) is 6.01. The van der Waals surface area contributed by atoms with Crippen molar-refractivity contribution in [3.63, 3.8) is 0 Å². The van der Waals surface area contributed by atoms with Gasteiger partial charge in [0.25, 0.3) is 11.8 Å². The smallest absolute Gasteiger partial charge is 0.276 e. The van der Waals surface area contributed by atoms with Gasteiger partial charge in [0.1, 0.15) is 11.5 Å². The van der Waals surface area contributed by atoms with Crippen molar-refractivity contribution in [3.8, 4) is 11.5 Å². The van der Waals surface area contributed by atoms with Gasteiger partial charge < -0.3 is 9.47 Å². The van der Waals surface area contributed by atoms with E-state index in [9.17, 15) is 9.59 Å². The number of carbonyl (C=O) groups is 2. The highest BCUT2D eigenvalue weighted by Crippen LogP contribution is 2.13. The predicted molar refractivity (Wildman–Crippen MR) is 104 cm³/mol. The molecule has 0 atom stereocenters. The molecule has 0 unspecified atom stereocenters. The molecule has 0 spiro atoms.